The molecule has 2 aliphatic carbocycles. The van der Waals surface area contributed by atoms with Crippen LogP contribution in [-0.4, -0.2) is 17.0 Å². The number of carbonyl (C=O) groups excluding carboxylic acids is 1. The van der Waals surface area contributed by atoms with Crippen LogP contribution in [0.25, 0.3) is 0 Å². The maximum atomic E-state index is 11.3. The second-order valence-corrected chi connectivity index (χ2v) is 3.88. The second kappa shape index (κ2) is 2.59. The van der Waals surface area contributed by atoms with E-state index in [0.29, 0.717) is 11.7 Å². The van der Waals surface area contributed by atoms with E-state index in [1.165, 1.54) is 0 Å². The lowest BCUT2D eigenvalue weighted by molar-refractivity contribution is -0.124. The largest absolute Gasteiger partial charge is 0.392 e. The number of carbonyl (C=O) groups is 1. The summed E-state index contributed by atoms with van der Waals surface area (Å²) in [5.74, 6) is 0.911. The summed E-state index contributed by atoms with van der Waals surface area (Å²) < 4.78 is 0. The molecule has 2 bridgehead atoms. The summed E-state index contributed by atoms with van der Waals surface area (Å²) in [6.45, 7) is 0. The minimum absolute atomic E-state index is 0.00231. The molecule has 2 saturated carbocycles. The number of fused-ring (bicyclic) bond motifs is 2. The minimum Gasteiger partial charge on any atom is -0.392 e. The SMILES string of the molecule is O=C1CC2CCCC(O)C1C2. The first-order valence-electron chi connectivity index (χ1n) is 4.48. The third-order valence-corrected chi connectivity index (χ3v) is 3.07. The van der Waals surface area contributed by atoms with Crippen LogP contribution < -0.4 is 0 Å². The number of hydrogen-bond donors (Lipinski definition) is 1. The van der Waals surface area contributed by atoms with Gasteiger partial charge in [-0.2, -0.15) is 0 Å². The Kier molecular flexibility index (Phi) is 1.72. The second-order valence-electron chi connectivity index (χ2n) is 3.88. The minimum atomic E-state index is -0.324. The first-order chi connectivity index (χ1) is 5.27. The van der Waals surface area contributed by atoms with Crippen LogP contribution >= 0.6 is 0 Å². The van der Waals surface area contributed by atoms with Crippen molar-refractivity contribution in [3.8, 4) is 0 Å². The first kappa shape index (κ1) is 7.29. The van der Waals surface area contributed by atoms with Crippen LogP contribution in [0.4, 0.5) is 0 Å². The van der Waals surface area contributed by atoms with Crippen molar-refractivity contribution in [3.05, 3.63) is 0 Å². The molecule has 3 atom stereocenters. The van der Waals surface area contributed by atoms with Gasteiger partial charge in [-0.3, -0.25) is 4.79 Å². The maximum absolute atomic E-state index is 11.3. The lowest BCUT2D eigenvalue weighted by atomic mass is 9.97. The molecule has 11 heavy (non-hydrogen) atoms. The zero-order valence-corrected chi connectivity index (χ0v) is 6.62. The number of aliphatic hydroxyl groups excluding tert-OH is 1. The number of aliphatic hydroxyl groups is 1. The zero-order valence-electron chi connectivity index (χ0n) is 6.62. The van der Waals surface area contributed by atoms with Crippen molar-refractivity contribution in [2.75, 3.05) is 0 Å². The Balaban J connectivity index is 2.15. The van der Waals surface area contributed by atoms with Crippen molar-refractivity contribution in [2.24, 2.45) is 11.8 Å². The average Bonchev–Trinajstić information content (AvgIpc) is 2.20. The number of hydrogen-bond acceptors (Lipinski definition) is 2. The molecule has 0 aromatic carbocycles. The Hall–Kier alpha value is -0.370. The van der Waals surface area contributed by atoms with Gasteiger partial charge in [0.2, 0.25) is 0 Å². The molecule has 0 spiro atoms. The van der Waals surface area contributed by atoms with Gasteiger partial charge in [-0.25, -0.2) is 0 Å². The summed E-state index contributed by atoms with van der Waals surface area (Å²) >= 11 is 0. The third-order valence-electron chi connectivity index (χ3n) is 3.07. The zero-order chi connectivity index (χ0) is 7.84. The van der Waals surface area contributed by atoms with E-state index in [1.807, 2.05) is 0 Å². The van der Waals surface area contributed by atoms with Gasteiger partial charge in [0.25, 0.3) is 0 Å². The summed E-state index contributed by atoms with van der Waals surface area (Å²) in [5.41, 5.74) is 0. The van der Waals surface area contributed by atoms with Crippen molar-refractivity contribution in [2.45, 2.75) is 38.2 Å². The fraction of sp³-hybridized carbons (Fsp3) is 0.889. The van der Waals surface area contributed by atoms with Gasteiger partial charge >= 0.3 is 0 Å². The topological polar surface area (TPSA) is 37.3 Å². The quantitative estimate of drug-likeness (QED) is 0.568. The van der Waals surface area contributed by atoms with Gasteiger partial charge in [0.05, 0.1) is 6.10 Å². The normalized spacial score (nSPS) is 44.1. The van der Waals surface area contributed by atoms with Crippen LogP contribution in [0.2, 0.25) is 0 Å². The Morgan fingerprint density at radius 2 is 2.18 bits per heavy atom. The van der Waals surface area contributed by atoms with Gasteiger partial charge in [0, 0.05) is 12.3 Å². The highest BCUT2D eigenvalue weighted by molar-refractivity contribution is 5.84. The fourth-order valence-corrected chi connectivity index (χ4v) is 2.42. The molecule has 2 rings (SSSR count). The van der Waals surface area contributed by atoms with E-state index in [1.54, 1.807) is 0 Å². The molecule has 1 N–H and O–H groups in total. The number of ketones is 1. The molecule has 0 amide bonds. The smallest absolute Gasteiger partial charge is 0.138 e. The van der Waals surface area contributed by atoms with E-state index < -0.39 is 0 Å². The Bertz CT molecular complexity index is 176. The van der Waals surface area contributed by atoms with Crippen LogP contribution in [-0.2, 0) is 4.79 Å². The van der Waals surface area contributed by atoms with Crippen LogP contribution in [0.3, 0.4) is 0 Å². The van der Waals surface area contributed by atoms with E-state index in [9.17, 15) is 9.90 Å². The monoisotopic (exact) mass is 154 g/mol. The lowest BCUT2D eigenvalue weighted by Crippen LogP contribution is -2.23. The molecule has 0 saturated heterocycles. The van der Waals surface area contributed by atoms with Crippen molar-refractivity contribution in [1.82, 2.24) is 0 Å². The standard InChI is InChI=1S/C9H14O2/c10-8-3-1-2-6-4-7(8)9(11)5-6/h6-8,10H,1-5H2. The molecule has 0 aliphatic heterocycles. The van der Waals surface area contributed by atoms with Gasteiger partial charge in [-0.05, 0) is 25.2 Å². The van der Waals surface area contributed by atoms with Gasteiger partial charge < -0.3 is 5.11 Å². The maximum Gasteiger partial charge on any atom is 0.138 e. The Labute approximate surface area is 66.6 Å². The van der Waals surface area contributed by atoms with Crippen molar-refractivity contribution in [1.29, 1.82) is 0 Å². The van der Waals surface area contributed by atoms with E-state index in [-0.39, 0.29) is 12.0 Å². The first-order valence-corrected chi connectivity index (χ1v) is 4.48. The predicted octanol–water partition coefficient (Wildman–Crippen LogP) is 1.13. The molecule has 62 valence electrons. The Morgan fingerprint density at radius 3 is 3.00 bits per heavy atom. The van der Waals surface area contributed by atoms with Gasteiger partial charge in [0.1, 0.15) is 5.78 Å². The molecule has 0 radical (unpaired) electrons. The summed E-state index contributed by atoms with van der Waals surface area (Å²) in [6.07, 6.45) is 4.47. The summed E-state index contributed by atoms with van der Waals surface area (Å²) in [4.78, 5) is 11.3. The van der Waals surface area contributed by atoms with Crippen LogP contribution in [0, 0.1) is 11.8 Å². The molecular formula is C9H14O2. The van der Waals surface area contributed by atoms with Gasteiger partial charge in [-0.1, -0.05) is 6.42 Å². The molecule has 2 heteroatoms. The highest BCUT2D eigenvalue weighted by atomic mass is 16.3. The van der Waals surface area contributed by atoms with Crippen molar-refractivity contribution >= 4 is 5.78 Å². The molecule has 2 fully saturated rings. The molecule has 0 heterocycles. The van der Waals surface area contributed by atoms with Crippen LogP contribution in [0.5, 0.6) is 0 Å². The van der Waals surface area contributed by atoms with E-state index in [4.69, 9.17) is 0 Å². The Morgan fingerprint density at radius 1 is 1.36 bits per heavy atom. The van der Waals surface area contributed by atoms with Gasteiger partial charge in [-0.15, -0.1) is 0 Å². The molecule has 0 aromatic rings. The fourth-order valence-electron chi connectivity index (χ4n) is 2.42. The highest BCUT2D eigenvalue weighted by Gasteiger charge is 2.38. The van der Waals surface area contributed by atoms with Crippen molar-refractivity contribution in [3.63, 3.8) is 0 Å². The predicted molar refractivity (Wildman–Crippen MR) is 41.1 cm³/mol. The summed E-state index contributed by atoms with van der Waals surface area (Å²) in [6, 6.07) is 0. The van der Waals surface area contributed by atoms with Gasteiger partial charge in [0.15, 0.2) is 0 Å². The molecule has 2 aliphatic rings. The summed E-state index contributed by atoms with van der Waals surface area (Å²) in [7, 11) is 0. The number of rotatable bonds is 0. The summed E-state index contributed by atoms with van der Waals surface area (Å²) in [5, 5.41) is 9.53. The van der Waals surface area contributed by atoms with E-state index in [2.05, 4.69) is 0 Å². The third kappa shape index (κ3) is 1.20. The molecule has 3 unspecified atom stereocenters. The average molecular weight is 154 g/mol. The number of Topliss-reactive ketones (excluding diaryl/α,β-unsaturated/α-hetero) is 1. The van der Waals surface area contributed by atoms with E-state index in [0.717, 1.165) is 32.1 Å². The molecule has 2 nitrogen and oxygen atoms in total. The molecular weight excluding hydrogens is 140 g/mol. The highest BCUT2D eigenvalue weighted by Crippen LogP contribution is 2.37. The van der Waals surface area contributed by atoms with Crippen molar-refractivity contribution < 1.29 is 9.90 Å². The van der Waals surface area contributed by atoms with Crippen LogP contribution in [0.1, 0.15) is 32.1 Å². The van der Waals surface area contributed by atoms with E-state index >= 15 is 0 Å². The van der Waals surface area contributed by atoms with Crippen LogP contribution in [0.15, 0.2) is 0 Å². The molecule has 0 aromatic heterocycles. The lowest BCUT2D eigenvalue weighted by Gasteiger charge is -2.14.